The molecular formula is C25H27FN2O. The first-order valence-electron chi connectivity index (χ1n) is 10.6. The molecule has 0 spiro atoms. The molecule has 1 amide bonds. The third-order valence-corrected chi connectivity index (χ3v) is 6.35. The van der Waals surface area contributed by atoms with Crippen LogP contribution in [0.5, 0.6) is 0 Å². The van der Waals surface area contributed by atoms with E-state index in [1.165, 1.54) is 23.1 Å². The second-order valence-corrected chi connectivity index (χ2v) is 8.04. The van der Waals surface area contributed by atoms with E-state index >= 15 is 0 Å². The number of amides is 1. The van der Waals surface area contributed by atoms with E-state index < -0.39 is 0 Å². The Balaban J connectivity index is 1.42. The van der Waals surface area contributed by atoms with Crippen LogP contribution >= 0.6 is 0 Å². The minimum Gasteiger partial charge on any atom is -0.326 e. The highest BCUT2D eigenvalue weighted by molar-refractivity contribution is 5.92. The highest BCUT2D eigenvalue weighted by Crippen LogP contribution is 2.41. The Morgan fingerprint density at radius 1 is 1.07 bits per heavy atom. The van der Waals surface area contributed by atoms with Crippen molar-refractivity contribution in [2.75, 3.05) is 5.32 Å². The zero-order chi connectivity index (χ0) is 20.2. The van der Waals surface area contributed by atoms with Crippen molar-refractivity contribution in [2.24, 2.45) is 11.8 Å². The van der Waals surface area contributed by atoms with Crippen molar-refractivity contribution in [3.63, 3.8) is 0 Å². The van der Waals surface area contributed by atoms with Gasteiger partial charge in [-0.05, 0) is 85.9 Å². The van der Waals surface area contributed by atoms with Gasteiger partial charge in [-0.2, -0.15) is 0 Å². The quantitative estimate of drug-likeness (QED) is 0.554. The molecule has 0 radical (unpaired) electrons. The molecule has 150 valence electrons. The Morgan fingerprint density at radius 3 is 2.52 bits per heavy atom. The molecule has 1 saturated carbocycles. The number of nitrogens with zero attached hydrogens (tertiary/aromatic N) is 1. The molecule has 29 heavy (non-hydrogen) atoms. The van der Waals surface area contributed by atoms with Gasteiger partial charge < -0.3 is 5.32 Å². The molecule has 1 N–H and O–H groups in total. The lowest BCUT2D eigenvalue weighted by molar-refractivity contribution is -0.122. The first kappa shape index (κ1) is 19.6. The highest BCUT2D eigenvalue weighted by Gasteiger charge is 2.32. The molecule has 1 aromatic heterocycles. The van der Waals surface area contributed by atoms with Crippen LogP contribution in [0.25, 0.3) is 10.9 Å². The summed E-state index contributed by atoms with van der Waals surface area (Å²) in [7, 11) is 0. The molecule has 3 nitrogen and oxygen atoms in total. The Kier molecular flexibility index (Phi) is 5.89. The smallest absolute Gasteiger partial charge is 0.227 e. The van der Waals surface area contributed by atoms with Crippen molar-refractivity contribution in [3.8, 4) is 0 Å². The van der Waals surface area contributed by atoms with E-state index in [0.717, 1.165) is 37.6 Å². The topological polar surface area (TPSA) is 42.0 Å². The normalized spacial score (nSPS) is 20.3. The van der Waals surface area contributed by atoms with Crippen molar-refractivity contribution in [1.82, 2.24) is 4.98 Å². The van der Waals surface area contributed by atoms with Gasteiger partial charge in [0.25, 0.3) is 0 Å². The van der Waals surface area contributed by atoms with E-state index in [-0.39, 0.29) is 17.6 Å². The van der Waals surface area contributed by atoms with E-state index in [4.69, 9.17) is 0 Å². The van der Waals surface area contributed by atoms with Crippen LogP contribution in [0.2, 0.25) is 0 Å². The number of fused-ring (bicyclic) bond motifs is 1. The van der Waals surface area contributed by atoms with Crippen LogP contribution in [0.1, 0.15) is 50.5 Å². The number of para-hydroxylation sites is 1. The van der Waals surface area contributed by atoms with Crippen LogP contribution in [0, 0.1) is 17.7 Å². The number of carbonyl (C=O) groups excluding carboxylic acids is 1. The number of carbonyl (C=O) groups is 1. The number of nitrogens with one attached hydrogen (secondary N) is 1. The van der Waals surface area contributed by atoms with Gasteiger partial charge in [-0.25, -0.2) is 4.39 Å². The average Bonchev–Trinajstić information content (AvgIpc) is 2.76. The zero-order valence-corrected chi connectivity index (χ0v) is 16.8. The number of benzene rings is 2. The summed E-state index contributed by atoms with van der Waals surface area (Å²) in [6.07, 6.45) is 7.03. The van der Waals surface area contributed by atoms with E-state index in [2.05, 4.69) is 41.5 Å². The molecule has 0 saturated heterocycles. The monoisotopic (exact) mass is 390 g/mol. The SMILES string of the molecule is CCC(C(=O)Nc1ccc(F)cc1)[C@H]1CC[C@@H](c2ccnc3ccccc32)CC1. The van der Waals surface area contributed by atoms with Crippen LogP contribution < -0.4 is 5.32 Å². The largest absolute Gasteiger partial charge is 0.326 e. The number of halogens is 1. The van der Waals surface area contributed by atoms with E-state index in [0.29, 0.717) is 17.5 Å². The summed E-state index contributed by atoms with van der Waals surface area (Å²) in [5.74, 6) is 0.672. The van der Waals surface area contributed by atoms with Crippen molar-refractivity contribution in [1.29, 1.82) is 0 Å². The Bertz CT molecular complexity index is 972. The van der Waals surface area contributed by atoms with Gasteiger partial charge in [-0.1, -0.05) is 25.1 Å². The molecule has 1 heterocycles. The maximum atomic E-state index is 13.1. The summed E-state index contributed by atoms with van der Waals surface area (Å²) in [5, 5.41) is 4.22. The lowest BCUT2D eigenvalue weighted by Crippen LogP contribution is -2.31. The van der Waals surface area contributed by atoms with Crippen LogP contribution in [0.4, 0.5) is 10.1 Å². The van der Waals surface area contributed by atoms with Gasteiger partial charge in [0.05, 0.1) is 5.52 Å². The maximum absolute atomic E-state index is 13.1. The maximum Gasteiger partial charge on any atom is 0.227 e. The minimum atomic E-state index is -0.294. The van der Waals surface area contributed by atoms with Crippen LogP contribution in [-0.2, 0) is 4.79 Å². The van der Waals surface area contributed by atoms with Gasteiger partial charge in [-0.15, -0.1) is 0 Å². The van der Waals surface area contributed by atoms with Crippen molar-refractivity contribution < 1.29 is 9.18 Å². The third-order valence-electron chi connectivity index (χ3n) is 6.35. The summed E-state index contributed by atoms with van der Waals surface area (Å²) >= 11 is 0. The van der Waals surface area contributed by atoms with Crippen LogP contribution in [0.15, 0.2) is 60.8 Å². The lowest BCUT2D eigenvalue weighted by Gasteiger charge is -2.33. The highest BCUT2D eigenvalue weighted by atomic mass is 19.1. The predicted octanol–water partition coefficient (Wildman–Crippen LogP) is 6.31. The molecule has 0 bridgehead atoms. The lowest BCUT2D eigenvalue weighted by atomic mass is 9.72. The second kappa shape index (κ2) is 8.73. The number of hydrogen-bond donors (Lipinski definition) is 1. The summed E-state index contributed by atoms with van der Waals surface area (Å²) in [5.41, 5.74) is 3.10. The van der Waals surface area contributed by atoms with Gasteiger partial charge in [0.2, 0.25) is 5.91 Å². The zero-order valence-electron chi connectivity index (χ0n) is 16.8. The molecule has 1 fully saturated rings. The third kappa shape index (κ3) is 4.31. The van der Waals surface area contributed by atoms with Gasteiger partial charge in [0.15, 0.2) is 0 Å². The fraction of sp³-hybridized carbons (Fsp3) is 0.360. The summed E-state index contributed by atoms with van der Waals surface area (Å²) < 4.78 is 13.1. The molecule has 4 heteroatoms. The summed E-state index contributed by atoms with van der Waals surface area (Å²) in [6.45, 7) is 2.08. The fourth-order valence-corrected chi connectivity index (χ4v) is 4.81. The molecular weight excluding hydrogens is 363 g/mol. The van der Waals surface area contributed by atoms with E-state index in [9.17, 15) is 9.18 Å². The summed E-state index contributed by atoms with van der Waals surface area (Å²) in [4.78, 5) is 17.3. The van der Waals surface area contributed by atoms with Gasteiger partial charge in [0, 0.05) is 23.2 Å². The molecule has 0 aliphatic heterocycles. The molecule has 3 aromatic rings. The number of aromatic nitrogens is 1. The van der Waals surface area contributed by atoms with Crippen molar-refractivity contribution in [2.45, 2.75) is 44.9 Å². The van der Waals surface area contributed by atoms with Crippen LogP contribution in [0.3, 0.4) is 0 Å². The summed E-state index contributed by atoms with van der Waals surface area (Å²) in [6, 6.07) is 16.5. The van der Waals surface area contributed by atoms with Crippen molar-refractivity contribution >= 4 is 22.5 Å². The average molecular weight is 391 g/mol. The van der Waals surface area contributed by atoms with Gasteiger partial charge in [0.1, 0.15) is 5.82 Å². The van der Waals surface area contributed by atoms with Gasteiger partial charge >= 0.3 is 0 Å². The number of hydrogen-bond acceptors (Lipinski definition) is 2. The molecule has 1 aliphatic carbocycles. The number of pyridine rings is 1. The Morgan fingerprint density at radius 2 is 1.79 bits per heavy atom. The fourth-order valence-electron chi connectivity index (χ4n) is 4.81. The van der Waals surface area contributed by atoms with Gasteiger partial charge in [-0.3, -0.25) is 9.78 Å². The van der Waals surface area contributed by atoms with E-state index in [1.54, 1.807) is 12.1 Å². The minimum absolute atomic E-state index is 0.00446. The predicted molar refractivity (Wildman–Crippen MR) is 115 cm³/mol. The first-order chi connectivity index (χ1) is 14.2. The molecule has 1 aliphatic rings. The Hall–Kier alpha value is -2.75. The molecule has 2 aromatic carbocycles. The molecule has 4 rings (SSSR count). The van der Waals surface area contributed by atoms with Crippen LogP contribution in [-0.4, -0.2) is 10.9 Å². The van der Waals surface area contributed by atoms with E-state index in [1.807, 2.05) is 12.3 Å². The second-order valence-electron chi connectivity index (χ2n) is 8.04. The Labute approximate surface area is 171 Å². The number of anilines is 1. The standard InChI is InChI=1S/C25H27FN2O/c1-2-21(25(29)28-20-13-11-19(26)12-14-20)17-7-9-18(10-8-17)22-15-16-27-24-6-4-3-5-23(22)24/h3-6,11-18,21H,2,7-10H2,1H3,(H,28,29)/t17-,18+,21?. The first-order valence-corrected chi connectivity index (χ1v) is 10.6. The molecule has 1 atom stereocenters. The molecule has 1 unspecified atom stereocenters. The van der Waals surface area contributed by atoms with Crippen molar-refractivity contribution in [3.05, 3.63) is 72.2 Å². The number of rotatable bonds is 5.